The highest BCUT2D eigenvalue weighted by Gasteiger charge is 2.25. The largest absolute Gasteiger partial charge is 0.468 e. The van der Waals surface area contributed by atoms with Gasteiger partial charge in [-0.05, 0) is 38.1 Å². The summed E-state index contributed by atoms with van der Waals surface area (Å²) >= 11 is 1.34. The molecule has 0 saturated carbocycles. The third-order valence-corrected chi connectivity index (χ3v) is 4.97. The minimum atomic E-state index is -0.0152. The number of hydrogen-bond acceptors (Lipinski definition) is 6. The van der Waals surface area contributed by atoms with E-state index < -0.39 is 0 Å². The van der Waals surface area contributed by atoms with Crippen LogP contribution in [0.5, 0.6) is 0 Å². The van der Waals surface area contributed by atoms with Crippen LogP contribution in [0.25, 0.3) is 0 Å². The Balaban J connectivity index is 1.49. The van der Waals surface area contributed by atoms with Crippen molar-refractivity contribution in [3.63, 3.8) is 0 Å². The maximum atomic E-state index is 12.1. The van der Waals surface area contributed by atoms with Crippen LogP contribution in [0, 0.1) is 0 Å². The number of H-pyrrole nitrogens is 1. The smallest absolute Gasteiger partial charge is 0.230 e. The molecule has 2 aromatic heterocycles. The first kappa shape index (κ1) is 17.0. The van der Waals surface area contributed by atoms with Crippen LogP contribution in [0.15, 0.2) is 28.0 Å². The molecule has 0 aromatic carbocycles. The Labute approximate surface area is 145 Å². The third-order valence-electron chi connectivity index (χ3n) is 4.12. The molecule has 2 N–H and O–H groups in total. The first-order valence-electron chi connectivity index (χ1n) is 8.34. The topological polar surface area (TPSA) is 87.1 Å². The molecule has 1 saturated heterocycles. The van der Waals surface area contributed by atoms with Crippen molar-refractivity contribution in [2.75, 3.05) is 25.4 Å². The molecular formula is C16H23N5O2S. The first-order chi connectivity index (χ1) is 11.8. The molecule has 0 aliphatic carbocycles. The van der Waals surface area contributed by atoms with E-state index in [-0.39, 0.29) is 11.9 Å². The van der Waals surface area contributed by atoms with Crippen molar-refractivity contribution in [1.29, 1.82) is 0 Å². The van der Waals surface area contributed by atoms with Crippen molar-refractivity contribution in [2.24, 2.45) is 0 Å². The molecule has 130 valence electrons. The van der Waals surface area contributed by atoms with E-state index in [2.05, 4.69) is 25.4 Å². The van der Waals surface area contributed by atoms with E-state index in [4.69, 9.17) is 4.42 Å². The SMILES string of the molecule is CCc1nc(SCC(=O)NC[C@@H](c2ccco2)N2CCCC2)n[nH]1. The number of hydrogen-bond donors (Lipinski definition) is 2. The fraction of sp³-hybridized carbons (Fsp3) is 0.562. The molecule has 0 unspecified atom stereocenters. The predicted octanol–water partition coefficient (Wildman–Crippen LogP) is 2.01. The highest BCUT2D eigenvalue weighted by atomic mass is 32.2. The van der Waals surface area contributed by atoms with Gasteiger partial charge in [0, 0.05) is 13.0 Å². The molecule has 2 aromatic rings. The normalized spacial score (nSPS) is 16.4. The number of thioether (sulfide) groups is 1. The minimum Gasteiger partial charge on any atom is -0.468 e. The van der Waals surface area contributed by atoms with E-state index in [1.165, 1.54) is 24.6 Å². The Morgan fingerprint density at radius 3 is 3.00 bits per heavy atom. The molecule has 3 rings (SSSR count). The van der Waals surface area contributed by atoms with Gasteiger partial charge in [-0.3, -0.25) is 14.8 Å². The average Bonchev–Trinajstić information content (AvgIpc) is 3.34. The molecule has 1 aliphatic heterocycles. The Hall–Kier alpha value is -1.80. The molecule has 1 amide bonds. The summed E-state index contributed by atoms with van der Waals surface area (Å²) in [5.74, 6) is 2.04. The molecule has 1 atom stereocenters. The van der Waals surface area contributed by atoms with Gasteiger partial charge in [-0.25, -0.2) is 4.98 Å². The van der Waals surface area contributed by atoms with Gasteiger partial charge in [0.25, 0.3) is 0 Å². The number of aromatic nitrogens is 3. The zero-order valence-electron chi connectivity index (χ0n) is 13.8. The number of aromatic amines is 1. The van der Waals surface area contributed by atoms with Crippen molar-refractivity contribution in [2.45, 2.75) is 37.4 Å². The lowest BCUT2D eigenvalue weighted by atomic mass is 10.2. The number of rotatable bonds is 8. The van der Waals surface area contributed by atoms with E-state index in [0.29, 0.717) is 17.5 Å². The number of furan rings is 1. The third kappa shape index (κ3) is 4.39. The fourth-order valence-corrected chi connectivity index (χ4v) is 3.48. The van der Waals surface area contributed by atoms with Crippen LogP contribution in [-0.2, 0) is 11.2 Å². The van der Waals surface area contributed by atoms with Gasteiger partial charge in [-0.1, -0.05) is 18.7 Å². The van der Waals surface area contributed by atoms with Gasteiger partial charge in [0.1, 0.15) is 11.6 Å². The molecule has 1 fully saturated rings. The standard InChI is InChI=1S/C16H23N5O2S/c1-2-14-18-16(20-19-14)24-11-15(22)17-10-12(13-6-5-9-23-13)21-7-3-4-8-21/h5-6,9,12H,2-4,7-8,10-11H2,1H3,(H,17,22)(H,18,19,20)/t12-/m0/s1. The fourth-order valence-electron chi connectivity index (χ4n) is 2.84. The maximum absolute atomic E-state index is 12.1. The summed E-state index contributed by atoms with van der Waals surface area (Å²) in [7, 11) is 0. The number of aryl methyl sites for hydroxylation is 1. The van der Waals surface area contributed by atoms with Crippen molar-refractivity contribution in [3.8, 4) is 0 Å². The minimum absolute atomic E-state index is 0.0152. The van der Waals surface area contributed by atoms with E-state index in [9.17, 15) is 4.79 Å². The maximum Gasteiger partial charge on any atom is 0.230 e. The lowest BCUT2D eigenvalue weighted by Gasteiger charge is -2.25. The number of nitrogens with zero attached hydrogens (tertiary/aromatic N) is 3. The van der Waals surface area contributed by atoms with E-state index in [1.807, 2.05) is 19.1 Å². The second-order valence-electron chi connectivity index (χ2n) is 5.79. The highest BCUT2D eigenvalue weighted by molar-refractivity contribution is 7.99. The molecule has 3 heterocycles. The van der Waals surface area contributed by atoms with Crippen LogP contribution in [0.1, 0.15) is 37.4 Å². The second-order valence-corrected chi connectivity index (χ2v) is 6.73. The van der Waals surface area contributed by atoms with Crippen molar-refractivity contribution in [3.05, 3.63) is 30.0 Å². The summed E-state index contributed by atoms with van der Waals surface area (Å²) in [6, 6.07) is 3.97. The van der Waals surface area contributed by atoms with Crippen LogP contribution in [-0.4, -0.2) is 51.4 Å². The Morgan fingerprint density at radius 1 is 1.50 bits per heavy atom. The number of likely N-dealkylation sites (tertiary alicyclic amines) is 1. The summed E-state index contributed by atoms with van der Waals surface area (Å²) in [4.78, 5) is 18.8. The lowest BCUT2D eigenvalue weighted by Crippen LogP contribution is -2.37. The average molecular weight is 349 g/mol. The first-order valence-corrected chi connectivity index (χ1v) is 9.33. The molecule has 1 aliphatic rings. The van der Waals surface area contributed by atoms with Gasteiger partial charge >= 0.3 is 0 Å². The number of amides is 1. The van der Waals surface area contributed by atoms with E-state index in [0.717, 1.165) is 31.1 Å². The molecule has 8 heteroatoms. The van der Waals surface area contributed by atoms with Crippen molar-refractivity contribution in [1.82, 2.24) is 25.4 Å². The van der Waals surface area contributed by atoms with Gasteiger partial charge in [0.05, 0.1) is 18.1 Å². The van der Waals surface area contributed by atoms with Gasteiger partial charge in [0.15, 0.2) is 0 Å². The molecule has 0 radical (unpaired) electrons. The van der Waals surface area contributed by atoms with E-state index >= 15 is 0 Å². The van der Waals surface area contributed by atoms with Gasteiger partial charge < -0.3 is 9.73 Å². The Morgan fingerprint density at radius 2 is 2.33 bits per heavy atom. The lowest BCUT2D eigenvalue weighted by molar-refractivity contribution is -0.118. The Kier molecular flexibility index (Phi) is 5.92. The molecular weight excluding hydrogens is 326 g/mol. The zero-order chi connectivity index (χ0) is 16.8. The number of carbonyl (C=O) groups excluding carboxylic acids is 1. The number of carbonyl (C=O) groups is 1. The van der Waals surface area contributed by atoms with E-state index in [1.54, 1.807) is 6.26 Å². The van der Waals surface area contributed by atoms with Crippen LogP contribution in [0.2, 0.25) is 0 Å². The van der Waals surface area contributed by atoms with Crippen molar-refractivity contribution >= 4 is 17.7 Å². The molecule has 24 heavy (non-hydrogen) atoms. The molecule has 0 spiro atoms. The quantitative estimate of drug-likeness (QED) is 0.709. The zero-order valence-corrected chi connectivity index (χ0v) is 14.6. The van der Waals surface area contributed by atoms with Crippen LogP contribution in [0.3, 0.4) is 0 Å². The number of nitrogens with one attached hydrogen (secondary N) is 2. The van der Waals surface area contributed by atoms with Crippen LogP contribution in [0.4, 0.5) is 0 Å². The summed E-state index contributed by atoms with van der Waals surface area (Å²) in [6.07, 6.45) is 4.89. The van der Waals surface area contributed by atoms with Crippen LogP contribution < -0.4 is 5.32 Å². The molecule has 7 nitrogen and oxygen atoms in total. The second kappa shape index (κ2) is 8.34. The highest BCUT2D eigenvalue weighted by Crippen LogP contribution is 2.25. The van der Waals surface area contributed by atoms with Crippen molar-refractivity contribution < 1.29 is 9.21 Å². The summed E-state index contributed by atoms with van der Waals surface area (Å²) in [6.45, 7) is 4.66. The summed E-state index contributed by atoms with van der Waals surface area (Å²) in [5, 5.41) is 10.6. The predicted molar refractivity (Wildman–Crippen MR) is 91.8 cm³/mol. The van der Waals surface area contributed by atoms with Gasteiger partial charge in [-0.15, -0.1) is 5.10 Å². The van der Waals surface area contributed by atoms with Gasteiger partial charge in [0.2, 0.25) is 11.1 Å². The Bertz CT molecular complexity index is 637. The summed E-state index contributed by atoms with van der Waals surface area (Å²) in [5.41, 5.74) is 0. The van der Waals surface area contributed by atoms with Gasteiger partial charge in [-0.2, -0.15) is 0 Å². The monoisotopic (exact) mass is 349 g/mol. The molecule has 0 bridgehead atoms. The summed E-state index contributed by atoms with van der Waals surface area (Å²) < 4.78 is 5.56. The van der Waals surface area contributed by atoms with Crippen LogP contribution >= 0.6 is 11.8 Å².